The van der Waals surface area contributed by atoms with Crippen LogP contribution in [0.15, 0.2) is 24.3 Å². The monoisotopic (exact) mass is 274 g/mol. The first kappa shape index (κ1) is 13.4. The van der Waals surface area contributed by atoms with Crippen LogP contribution in [0, 0.1) is 0 Å². The number of hydrogen-bond acceptors (Lipinski definition) is 3. The van der Waals surface area contributed by atoms with Gasteiger partial charge in [0.05, 0.1) is 11.6 Å². The summed E-state index contributed by atoms with van der Waals surface area (Å²) < 4.78 is 5.90. The molecule has 4 nitrogen and oxygen atoms in total. The predicted molar refractivity (Wildman–Crippen MR) is 78.7 cm³/mol. The maximum absolute atomic E-state index is 12.0. The third-order valence-electron chi connectivity index (χ3n) is 4.42. The Morgan fingerprint density at radius 1 is 1.15 bits per heavy atom. The van der Waals surface area contributed by atoms with Gasteiger partial charge in [0.15, 0.2) is 0 Å². The van der Waals surface area contributed by atoms with Gasteiger partial charge in [0.2, 0.25) is 5.91 Å². The first-order valence-electron chi connectivity index (χ1n) is 7.53. The number of nitrogens with two attached hydrogens (primary N) is 1. The van der Waals surface area contributed by atoms with Crippen molar-refractivity contribution in [1.29, 1.82) is 0 Å². The molecule has 1 amide bonds. The number of rotatable bonds is 4. The number of carbonyl (C=O) groups excluding carboxylic acids is 1. The average Bonchev–Trinajstić information content (AvgIpc) is 2.91. The summed E-state index contributed by atoms with van der Waals surface area (Å²) in [6.45, 7) is 0. The molecule has 108 valence electrons. The minimum absolute atomic E-state index is 0.0757. The summed E-state index contributed by atoms with van der Waals surface area (Å²) in [5.41, 5.74) is 6.13. The van der Waals surface area contributed by atoms with Crippen LogP contribution in [-0.4, -0.2) is 17.6 Å². The summed E-state index contributed by atoms with van der Waals surface area (Å²) in [5, 5.41) is 2.89. The van der Waals surface area contributed by atoms with Gasteiger partial charge in [-0.2, -0.15) is 0 Å². The molecule has 0 saturated heterocycles. The van der Waals surface area contributed by atoms with Crippen molar-refractivity contribution >= 4 is 11.6 Å². The first-order valence-corrected chi connectivity index (χ1v) is 7.53. The van der Waals surface area contributed by atoms with Gasteiger partial charge in [-0.05, 0) is 69.2 Å². The van der Waals surface area contributed by atoms with E-state index >= 15 is 0 Å². The van der Waals surface area contributed by atoms with Crippen LogP contribution in [0.4, 0.5) is 5.69 Å². The molecule has 20 heavy (non-hydrogen) atoms. The molecule has 2 fully saturated rings. The van der Waals surface area contributed by atoms with E-state index in [2.05, 4.69) is 5.32 Å². The summed E-state index contributed by atoms with van der Waals surface area (Å²) in [4.78, 5) is 12.0. The van der Waals surface area contributed by atoms with Crippen LogP contribution in [0.3, 0.4) is 0 Å². The molecule has 2 aliphatic rings. The van der Waals surface area contributed by atoms with Gasteiger partial charge in [0.1, 0.15) is 5.75 Å². The van der Waals surface area contributed by atoms with E-state index in [1.54, 1.807) is 0 Å². The molecule has 0 aliphatic heterocycles. The molecule has 3 N–H and O–H groups in total. The Morgan fingerprint density at radius 3 is 2.35 bits per heavy atom. The smallest absolute Gasteiger partial charge is 0.244 e. The predicted octanol–water partition coefficient (Wildman–Crippen LogP) is 2.83. The zero-order valence-corrected chi connectivity index (χ0v) is 11.7. The Labute approximate surface area is 119 Å². The van der Waals surface area contributed by atoms with Crippen molar-refractivity contribution < 1.29 is 9.53 Å². The lowest BCUT2D eigenvalue weighted by atomic mass is 9.77. The van der Waals surface area contributed by atoms with Crippen LogP contribution in [0.25, 0.3) is 0 Å². The standard InChI is InChI=1S/C16H22N2O2/c17-16(10-3-11-16)15(19)18-12-6-8-14(9-7-12)20-13-4-1-2-5-13/h6-9,13H,1-5,10-11,17H2,(H,18,19). The number of ether oxygens (including phenoxy) is 1. The van der Waals surface area contributed by atoms with Gasteiger partial charge in [-0.3, -0.25) is 4.79 Å². The zero-order chi connectivity index (χ0) is 14.0. The molecule has 0 atom stereocenters. The highest BCUT2D eigenvalue weighted by Crippen LogP contribution is 2.30. The molecule has 1 aromatic carbocycles. The van der Waals surface area contributed by atoms with E-state index in [-0.39, 0.29) is 5.91 Å². The number of anilines is 1. The molecule has 0 heterocycles. The molecule has 4 heteroatoms. The minimum atomic E-state index is -0.654. The number of benzene rings is 1. The molecule has 2 saturated carbocycles. The van der Waals surface area contributed by atoms with Crippen molar-refractivity contribution in [3.05, 3.63) is 24.3 Å². The highest BCUT2D eigenvalue weighted by molar-refractivity contribution is 5.98. The zero-order valence-electron chi connectivity index (χ0n) is 11.7. The third kappa shape index (κ3) is 2.80. The molecule has 0 radical (unpaired) electrons. The van der Waals surface area contributed by atoms with Crippen LogP contribution >= 0.6 is 0 Å². The van der Waals surface area contributed by atoms with Crippen molar-refractivity contribution in [2.24, 2.45) is 5.73 Å². The van der Waals surface area contributed by atoms with Crippen LogP contribution in [-0.2, 0) is 4.79 Å². The Hall–Kier alpha value is -1.55. The summed E-state index contributed by atoms with van der Waals surface area (Å²) in [7, 11) is 0. The fourth-order valence-corrected chi connectivity index (χ4v) is 2.86. The Morgan fingerprint density at radius 2 is 1.80 bits per heavy atom. The summed E-state index contributed by atoms with van der Waals surface area (Å²) in [5.74, 6) is 0.800. The van der Waals surface area contributed by atoms with Gasteiger partial charge >= 0.3 is 0 Å². The van der Waals surface area contributed by atoms with E-state index in [4.69, 9.17) is 10.5 Å². The fourth-order valence-electron chi connectivity index (χ4n) is 2.86. The van der Waals surface area contributed by atoms with Gasteiger partial charge < -0.3 is 15.8 Å². The summed E-state index contributed by atoms with van der Waals surface area (Å²) in [6, 6.07) is 7.59. The summed E-state index contributed by atoms with van der Waals surface area (Å²) in [6.07, 6.45) is 7.77. The maximum Gasteiger partial charge on any atom is 0.244 e. The molecule has 2 aliphatic carbocycles. The first-order chi connectivity index (χ1) is 9.66. The Kier molecular flexibility index (Phi) is 3.66. The van der Waals surface area contributed by atoms with Crippen LogP contribution in [0.2, 0.25) is 0 Å². The number of hydrogen-bond donors (Lipinski definition) is 2. The van der Waals surface area contributed by atoms with Crippen LogP contribution < -0.4 is 15.8 Å². The van der Waals surface area contributed by atoms with E-state index in [0.29, 0.717) is 6.10 Å². The molecule has 0 unspecified atom stereocenters. The van der Waals surface area contributed by atoms with Gasteiger partial charge in [-0.25, -0.2) is 0 Å². The highest BCUT2D eigenvalue weighted by atomic mass is 16.5. The van der Waals surface area contributed by atoms with Crippen molar-refractivity contribution in [3.63, 3.8) is 0 Å². The topological polar surface area (TPSA) is 64.4 Å². The molecular weight excluding hydrogens is 252 g/mol. The average molecular weight is 274 g/mol. The second-order valence-electron chi connectivity index (χ2n) is 6.01. The SMILES string of the molecule is NC1(C(=O)Nc2ccc(OC3CCCC3)cc2)CCC1. The quantitative estimate of drug-likeness (QED) is 0.887. The van der Waals surface area contributed by atoms with E-state index in [9.17, 15) is 4.79 Å². The third-order valence-corrected chi connectivity index (χ3v) is 4.42. The Bertz CT molecular complexity index is 474. The van der Waals surface area contributed by atoms with Crippen LogP contribution in [0.5, 0.6) is 5.75 Å². The maximum atomic E-state index is 12.0. The van der Waals surface area contributed by atoms with Crippen molar-refractivity contribution in [2.45, 2.75) is 56.6 Å². The van der Waals surface area contributed by atoms with Gasteiger partial charge in [0.25, 0.3) is 0 Å². The van der Waals surface area contributed by atoms with E-state index in [0.717, 1.165) is 43.5 Å². The second-order valence-corrected chi connectivity index (χ2v) is 6.01. The number of carbonyl (C=O) groups is 1. The van der Waals surface area contributed by atoms with Crippen molar-refractivity contribution in [1.82, 2.24) is 0 Å². The van der Waals surface area contributed by atoms with Gasteiger partial charge in [-0.15, -0.1) is 0 Å². The Balaban J connectivity index is 1.56. The van der Waals surface area contributed by atoms with Crippen molar-refractivity contribution in [3.8, 4) is 5.75 Å². The number of nitrogens with one attached hydrogen (secondary N) is 1. The number of amides is 1. The molecule has 0 bridgehead atoms. The lowest BCUT2D eigenvalue weighted by molar-refractivity contribution is -0.123. The van der Waals surface area contributed by atoms with Gasteiger partial charge in [-0.1, -0.05) is 0 Å². The summed E-state index contributed by atoms with van der Waals surface area (Å²) >= 11 is 0. The molecule has 0 aromatic heterocycles. The van der Waals surface area contributed by atoms with Crippen LogP contribution in [0.1, 0.15) is 44.9 Å². The van der Waals surface area contributed by atoms with E-state index < -0.39 is 5.54 Å². The van der Waals surface area contributed by atoms with Crippen molar-refractivity contribution in [2.75, 3.05) is 5.32 Å². The fraction of sp³-hybridized carbons (Fsp3) is 0.562. The molecule has 0 spiro atoms. The molecule has 3 rings (SSSR count). The largest absolute Gasteiger partial charge is 0.490 e. The lowest BCUT2D eigenvalue weighted by Crippen LogP contribution is -2.56. The molecule has 1 aromatic rings. The van der Waals surface area contributed by atoms with E-state index in [1.165, 1.54) is 12.8 Å². The second kappa shape index (κ2) is 5.44. The normalized spacial score (nSPS) is 21.2. The van der Waals surface area contributed by atoms with Gasteiger partial charge in [0, 0.05) is 5.69 Å². The highest BCUT2D eigenvalue weighted by Gasteiger charge is 2.40. The van der Waals surface area contributed by atoms with E-state index in [1.807, 2.05) is 24.3 Å². The molecular formula is C16H22N2O2. The minimum Gasteiger partial charge on any atom is -0.490 e. The lowest BCUT2D eigenvalue weighted by Gasteiger charge is -2.36.